The molecule has 0 aliphatic carbocycles. The van der Waals surface area contributed by atoms with Crippen molar-refractivity contribution in [3.8, 4) is 0 Å². The Hall–Kier alpha value is -1.94. The molecule has 26 heavy (non-hydrogen) atoms. The Morgan fingerprint density at radius 3 is 2.46 bits per heavy atom. The van der Waals surface area contributed by atoms with E-state index in [1.165, 1.54) is 15.6 Å². The van der Waals surface area contributed by atoms with Gasteiger partial charge in [-0.3, -0.25) is 0 Å². The zero-order valence-corrected chi connectivity index (χ0v) is 15.8. The molecule has 2 N–H and O–H groups in total. The number of thiophene rings is 1. The Morgan fingerprint density at radius 2 is 1.73 bits per heavy atom. The van der Waals surface area contributed by atoms with E-state index in [-0.39, 0.29) is 12.6 Å². The normalized spacial score (nSPS) is 15.5. The van der Waals surface area contributed by atoms with Crippen LogP contribution in [0.15, 0.2) is 46.7 Å². The number of urea groups is 1. The smallest absolute Gasteiger partial charge is 0.315 e. The number of hydrogen-bond acceptors (Lipinski definition) is 5. The summed E-state index contributed by atoms with van der Waals surface area (Å²) in [5.41, 5.74) is 1.01. The van der Waals surface area contributed by atoms with Gasteiger partial charge >= 0.3 is 6.03 Å². The largest absolute Gasteiger partial charge is 0.379 e. The van der Waals surface area contributed by atoms with Gasteiger partial charge in [-0.25, -0.2) is 13.2 Å². The lowest BCUT2D eigenvalue weighted by atomic mass is 10.2. The summed E-state index contributed by atoms with van der Waals surface area (Å²) >= 11 is 1.18. The summed E-state index contributed by atoms with van der Waals surface area (Å²) in [4.78, 5) is 12.7. The third-order valence-electron chi connectivity index (χ3n) is 3.92. The van der Waals surface area contributed by atoms with Gasteiger partial charge in [0.2, 0.25) is 0 Å². The summed E-state index contributed by atoms with van der Waals surface area (Å²) in [6, 6.07) is 12.6. The van der Waals surface area contributed by atoms with Crippen LogP contribution in [0.3, 0.4) is 0 Å². The highest BCUT2D eigenvalue weighted by molar-refractivity contribution is 7.91. The Bertz CT molecular complexity index is 831. The number of carbonyl (C=O) groups excluding carboxylic acids is 1. The van der Waals surface area contributed by atoms with Crippen molar-refractivity contribution >= 4 is 27.4 Å². The van der Waals surface area contributed by atoms with E-state index in [0.717, 1.165) is 10.4 Å². The lowest BCUT2D eigenvalue weighted by molar-refractivity contribution is 0.0731. The molecule has 7 nitrogen and oxygen atoms in total. The van der Waals surface area contributed by atoms with Crippen molar-refractivity contribution in [1.29, 1.82) is 0 Å². The van der Waals surface area contributed by atoms with Crippen molar-refractivity contribution < 1.29 is 17.9 Å². The van der Waals surface area contributed by atoms with Gasteiger partial charge in [-0.15, -0.1) is 11.3 Å². The molecule has 0 unspecified atom stereocenters. The van der Waals surface area contributed by atoms with Crippen LogP contribution in [0.4, 0.5) is 4.79 Å². The Kier molecular flexibility index (Phi) is 6.25. The molecule has 0 atom stereocenters. The molecule has 0 bridgehead atoms. The van der Waals surface area contributed by atoms with E-state index in [4.69, 9.17) is 4.74 Å². The SMILES string of the molecule is O=C(NCc1ccccc1)NCc1ccc(S(=O)(=O)N2CCOCC2)s1. The van der Waals surface area contributed by atoms with Crippen LogP contribution < -0.4 is 10.6 Å². The molecule has 0 radical (unpaired) electrons. The van der Waals surface area contributed by atoms with Crippen molar-refractivity contribution in [2.75, 3.05) is 26.3 Å². The van der Waals surface area contributed by atoms with Gasteiger partial charge in [0, 0.05) is 24.5 Å². The van der Waals surface area contributed by atoms with E-state index in [0.29, 0.717) is 37.1 Å². The molecule has 0 saturated carbocycles. The molecule has 1 saturated heterocycles. The van der Waals surface area contributed by atoms with Gasteiger partial charge in [0.25, 0.3) is 10.0 Å². The van der Waals surface area contributed by atoms with Gasteiger partial charge < -0.3 is 15.4 Å². The zero-order chi connectivity index (χ0) is 18.4. The molecule has 2 aromatic rings. The van der Waals surface area contributed by atoms with Crippen molar-refractivity contribution in [2.24, 2.45) is 0 Å². The molecule has 0 spiro atoms. The van der Waals surface area contributed by atoms with Gasteiger partial charge in [0.05, 0.1) is 19.8 Å². The number of ether oxygens (including phenoxy) is 1. The second-order valence-electron chi connectivity index (χ2n) is 5.76. The van der Waals surface area contributed by atoms with E-state index in [9.17, 15) is 13.2 Å². The third kappa shape index (κ3) is 4.82. The van der Waals surface area contributed by atoms with Gasteiger partial charge in [0.1, 0.15) is 4.21 Å². The lowest BCUT2D eigenvalue weighted by Gasteiger charge is -2.25. The van der Waals surface area contributed by atoms with Crippen LogP contribution in [0.2, 0.25) is 0 Å². The Morgan fingerprint density at radius 1 is 1.04 bits per heavy atom. The second-order valence-corrected chi connectivity index (χ2v) is 9.09. The molecular weight excluding hydrogens is 374 g/mol. The van der Waals surface area contributed by atoms with Crippen LogP contribution in [-0.2, 0) is 27.8 Å². The predicted molar refractivity (Wildman–Crippen MR) is 99.4 cm³/mol. The molecular formula is C17H21N3O4S2. The first-order chi connectivity index (χ1) is 12.6. The summed E-state index contributed by atoms with van der Waals surface area (Å²) in [5.74, 6) is 0. The molecule has 1 aromatic heterocycles. The maximum absolute atomic E-state index is 12.6. The van der Waals surface area contributed by atoms with E-state index < -0.39 is 10.0 Å². The summed E-state index contributed by atoms with van der Waals surface area (Å²) in [5, 5.41) is 5.52. The standard InChI is InChI=1S/C17H21N3O4S2/c21-17(18-12-14-4-2-1-3-5-14)19-13-15-6-7-16(25-15)26(22,23)20-8-10-24-11-9-20/h1-7H,8-13H2,(H2,18,19,21). The molecule has 1 aliphatic rings. The number of carbonyl (C=O) groups is 1. The quantitative estimate of drug-likeness (QED) is 0.780. The number of amides is 2. The minimum atomic E-state index is -3.48. The average Bonchev–Trinajstić information content (AvgIpc) is 3.16. The molecule has 1 aromatic carbocycles. The molecule has 3 rings (SSSR count). The number of benzene rings is 1. The van der Waals surface area contributed by atoms with E-state index in [1.54, 1.807) is 12.1 Å². The Balaban J connectivity index is 1.51. The third-order valence-corrected chi connectivity index (χ3v) is 7.37. The lowest BCUT2D eigenvalue weighted by Crippen LogP contribution is -2.40. The first-order valence-corrected chi connectivity index (χ1v) is 10.5. The van der Waals surface area contributed by atoms with Crippen molar-refractivity contribution in [3.05, 3.63) is 52.9 Å². The van der Waals surface area contributed by atoms with Crippen LogP contribution >= 0.6 is 11.3 Å². The van der Waals surface area contributed by atoms with Crippen LogP contribution in [0.1, 0.15) is 10.4 Å². The first kappa shape index (κ1) is 18.8. The number of rotatable bonds is 6. The highest BCUT2D eigenvalue weighted by Crippen LogP contribution is 2.25. The minimum absolute atomic E-state index is 0.282. The zero-order valence-electron chi connectivity index (χ0n) is 14.2. The highest BCUT2D eigenvalue weighted by Gasteiger charge is 2.27. The fourth-order valence-corrected chi connectivity index (χ4v) is 5.37. The monoisotopic (exact) mass is 395 g/mol. The number of morpholine rings is 1. The maximum Gasteiger partial charge on any atom is 0.315 e. The van der Waals surface area contributed by atoms with E-state index >= 15 is 0 Å². The van der Waals surface area contributed by atoms with Gasteiger partial charge in [-0.1, -0.05) is 30.3 Å². The number of nitrogens with one attached hydrogen (secondary N) is 2. The fraction of sp³-hybridized carbons (Fsp3) is 0.353. The predicted octanol–water partition coefficient (Wildman–Crippen LogP) is 1.77. The fourth-order valence-electron chi connectivity index (χ4n) is 2.51. The minimum Gasteiger partial charge on any atom is -0.379 e. The molecule has 2 heterocycles. The average molecular weight is 396 g/mol. The molecule has 1 fully saturated rings. The van der Waals surface area contributed by atoms with Crippen molar-refractivity contribution in [2.45, 2.75) is 17.3 Å². The summed E-state index contributed by atoms with van der Waals surface area (Å²) in [6.45, 7) is 2.30. The van der Waals surface area contributed by atoms with Crippen LogP contribution in [0, 0.1) is 0 Å². The summed E-state index contributed by atoms with van der Waals surface area (Å²) in [6.07, 6.45) is 0. The van der Waals surface area contributed by atoms with Crippen LogP contribution in [0.25, 0.3) is 0 Å². The number of sulfonamides is 1. The second kappa shape index (κ2) is 8.63. The van der Waals surface area contributed by atoms with Crippen LogP contribution in [0.5, 0.6) is 0 Å². The topological polar surface area (TPSA) is 87.7 Å². The molecule has 9 heteroatoms. The van der Waals surface area contributed by atoms with E-state index in [2.05, 4.69) is 10.6 Å². The van der Waals surface area contributed by atoms with Crippen molar-refractivity contribution in [3.63, 3.8) is 0 Å². The number of nitrogens with zero attached hydrogens (tertiary/aromatic N) is 1. The van der Waals surface area contributed by atoms with Gasteiger partial charge in [-0.2, -0.15) is 4.31 Å². The van der Waals surface area contributed by atoms with E-state index in [1.807, 2.05) is 30.3 Å². The first-order valence-electron chi connectivity index (χ1n) is 8.28. The maximum atomic E-state index is 12.6. The van der Waals surface area contributed by atoms with Gasteiger partial charge in [-0.05, 0) is 17.7 Å². The van der Waals surface area contributed by atoms with Crippen LogP contribution in [-0.4, -0.2) is 45.1 Å². The van der Waals surface area contributed by atoms with Crippen molar-refractivity contribution in [1.82, 2.24) is 14.9 Å². The summed E-state index contributed by atoms with van der Waals surface area (Å²) in [7, 11) is -3.48. The summed E-state index contributed by atoms with van der Waals surface area (Å²) < 4.78 is 32.1. The molecule has 140 valence electrons. The Labute approximate surface area is 157 Å². The van der Waals surface area contributed by atoms with Gasteiger partial charge in [0.15, 0.2) is 0 Å². The highest BCUT2D eigenvalue weighted by atomic mass is 32.2. The molecule has 2 amide bonds. The molecule has 1 aliphatic heterocycles. The number of hydrogen-bond donors (Lipinski definition) is 2.